The smallest absolute Gasteiger partial charge is 0.258 e. The number of aliphatic hydroxyl groups excluding tert-OH is 1. The lowest BCUT2D eigenvalue weighted by atomic mass is 10.1. The maximum absolute atomic E-state index is 13.0. The van der Waals surface area contributed by atoms with Gasteiger partial charge >= 0.3 is 0 Å². The van der Waals surface area contributed by atoms with Crippen molar-refractivity contribution < 1.29 is 14.4 Å². The number of rotatable bonds is 5. The molecular weight excluding hydrogens is 308 g/mol. The van der Waals surface area contributed by atoms with Crippen molar-refractivity contribution in [3.63, 3.8) is 0 Å². The Morgan fingerprint density at radius 2 is 2.08 bits per heavy atom. The van der Waals surface area contributed by atoms with Crippen LogP contribution >= 0.6 is 0 Å². The van der Waals surface area contributed by atoms with Crippen molar-refractivity contribution in [1.82, 2.24) is 19.9 Å². The summed E-state index contributed by atoms with van der Waals surface area (Å²) in [5.74, 6) is 0.00898. The number of aromatic nitrogens is 2. The second-order valence-corrected chi connectivity index (χ2v) is 6.23. The number of pyridine rings is 1. The number of hydrogen-bond acceptors (Lipinski definition) is 6. The number of fused-ring (bicyclic) bond motifs is 1. The van der Waals surface area contributed by atoms with E-state index in [4.69, 9.17) is 9.63 Å². The molecule has 2 aromatic heterocycles. The Kier molecular flexibility index (Phi) is 5.11. The van der Waals surface area contributed by atoms with Gasteiger partial charge in [0.1, 0.15) is 0 Å². The summed E-state index contributed by atoms with van der Waals surface area (Å²) in [5.41, 5.74) is 2.64. The van der Waals surface area contributed by atoms with Gasteiger partial charge in [-0.25, -0.2) is 4.98 Å². The molecule has 0 unspecified atom stereocenters. The lowest BCUT2D eigenvalue weighted by Gasteiger charge is -2.34. The van der Waals surface area contributed by atoms with Crippen LogP contribution in [0.2, 0.25) is 0 Å². The molecule has 0 atom stereocenters. The van der Waals surface area contributed by atoms with Crippen LogP contribution in [0.3, 0.4) is 0 Å². The molecule has 1 amide bonds. The number of aliphatic hydroxyl groups is 1. The Balaban J connectivity index is 1.88. The fraction of sp³-hybridized carbons (Fsp3) is 0.588. The highest BCUT2D eigenvalue weighted by atomic mass is 16.5. The monoisotopic (exact) mass is 332 g/mol. The van der Waals surface area contributed by atoms with Crippen molar-refractivity contribution in [1.29, 1.82) is 0 Å². The number of carbonyl (C=O) groups is 1. The van der Waals surface area contributed by atoms with Gasteiger partial charge in [-0.15, -0.1) is 0 Å². The van der Waals surface area contributed by atoms with Gasteiger partial charge in [0.15, 0.2) is 0 Å². The fourth-order valence-electron chi connectivity index (χ4n) is 3.20. The van der Waals surface area contributed by atoms with Crippen LogP contribution in [-0.2, 0) is 6.42 Å². The number of amides is 1. The molecule has 1 aliphatic rings. The van der Waals surface area contributed by atoms with E-state index in [0.29, 0.717) is 30.9 Å². The van der Waals surface area contributed by atoms with Crippen LogP contribution in [0.1, 0.15) is 35.1 Å². The van der Waals surface area contributed by atoms with E-state index in [9.17, 15) is 4.79 Å². The van der Waals surface area contributed by atoms with Gasteiger partial charge in [0.05, 0.1) is 23.3 Å². The maximum atomic E-state index is 13.0. The number of nitrogens with zero attached hydrogens (tertiary/aromatic N) is 4. The molecule has 130 valence electrons. The minimum Gasteiger partial charge on any atom is -0.395 e. The molecule has 1 saturated heterocycles. The second-order valence-electron chi connectivity index (χ2n) is 6.23. The summed E-state index contributed by atoms with van der Waals surface area (Å²) in [5, 5.41) is 13.9. The molecule has 0 saturated carbocycles. The van der Waals surface area contributed by atoms with Gasteiger partial charge in [0, 0.05) is 38.4 Å². The quantitative estimate of drug-likeness (QED) is 0.887. The summed E-state index contributed by atoms with van der Waals surface area (Å²) in [6.07, 6.45) is 1.70. The fourth-order valence-corrected chi connectivity index (χ4v) is 3.20. The highest BCUT2D eigenvalue weighted by molar-refractivity contribution is 6.06. The molecule has 2 aromatic rings. The number of piperazine rings is 1. The van der Waals surface area contributed by atoms with E-state index in [1.165, 1.54) is 0 Å². The van der Waals surface area contributed by atoms with Gasteiger partial charge in [-0.05, 0) is 19.4 Å². The lowest BCUT2D eigenvalue weighted by Crippen LogP contribution is -2.49. The van der Waals surface area contributed by atoms with Crippen molar-refractivity contribution in [2.75, 3.05) is 39.3 Å². The largest absolute Gasteiger partial charge is 0.395 e. The summed E-state index contributed by atoms with van der Waals surface area (Å²) >= 11 is 0. The predicted molar refractivity (Wildman–Crippen MR) is 90.0 cm³/mol. The molecule has 0 aliphatic carbocycles. The minimum absolute atomic E-state index is 0.00898. The standard InChI is InChI=1S/C17H24N4O3/c1-3-4-14-15-13(11-12(2)18-16(15)24-19-14)17(23)21-7-5-20(6-8-21)9-10-22/h11,22H,3-10H2,1-2H3. The third kappa shape index (κ3) is 3.27. The number of carbonyl (C=O) groups excluding carboxylic acids is 1. The summed E-state index contributed by atoms with van der Waals surface area (Å²) in [6.45, 7) is 7.63. The van der Waals surface area contributed by atoms with Crippen molar-refractivity contribution in [2.45, 2.75) is 26.7 Å². The van der Waals surface area contributed by atoms with Crippen LogP contribution in [0, 0.1) is 6.92 Å². The summed E-state index contributed by atoms with van der Waals surface area (Å²) in [7, 11) is 0. The molecule has 0 aromatic carbocycles. The normalized spacial score (nSPS) is 16.0. The van der Waals surface area contributed by atoms with Crippen molar-refractivity contribution in [3.8, 4) is 0 Å². The van der Waals surface area contributed by atoms with Crippen molar-refractivity contribution in [3.05, 3.63) is 23.0 Å². The predicted octanol–water partition coefficient (Wildman–Crippen LogP) is 1.23. The zero-order valence-electron chi connectivity index (χ0n) is 14.3. The van der Waals surface area contributed by atoms with Gasteiger partial charge in [-0.2, -0.15) is 0 Å². The molecule has 0 radical (unpaired) electrons. The summed E-state index contributed by atoms with van der Waals surface area (Å²) in [6, 6.07) is 1.83. The van der Waals surface area contributed by atoms with E-state index >= 15 is 0 Å². The summed E-state index contributed by atoms with van der Waals surface area (Å²) in [4.78, 5) is 21.4. The van der Waals surface area contributed by atoms with E-state index in [0.717, 1.165) is 42.7 Å². The Labute approximate surface area is 141 Å². The first-order valence-corrected chi connectivity index (χ1v) is 8.52. The zero-order chi connectivity index (χ0) is 17.1. The van der Waals surface area contributed by atoms with Crippen LogP contribution in [0.15, 0.2) is 10.6 Å². The van der Waals surface area contributed by atoms with Crippen molar-refractivity contribution in [2.24, 2.45) is 0 Å². The van der Waals surface area contributed by atoms with Gasteiger partial charge in [-0.1, -0.05) is 18.5 Å². The molecular formula is C17H24N4O3. The Bertz CT molecular complexity index is 720. The minimum atomic E-state index is 0.00898. The van der Waals surface area contributed by atoms with Crippen LogP contribution in [-0.4, -0.2) is 70.3 Å². The molecule has 1 N–H and O–H groups in total. The van der Waals surface area contributed by atoms with Crippen LogP contribution < -0.4 is 0 Å². The number of aryl methyl sites for hydroxylation is 2. The highest BCUT2D eigenvalue weighted by Crippen LogP contribution is 2.25. The molecule has 0 spiro atoms. The van der Waals surface area contributed by atoms with Crippen molar-refractivity contribution >= 4 is 17.0 Å². The van der Waals surface area contributed by atoms with E-state index in [1.54, 1.807) is 0 Å². The van der Waals surface area contributed by atoms with Gasteiger partial charge < -0.3 is 14.5 Å². The van der Waals surface area contributed by atoms with E-state index < -0.39 is 0 Å². The van der Waals surface area contributed by atoms with Gasteiger partial charge in [0.2, 0.25) is 0 Å². The topological polar surface area (TPSA) is 82.7 Å². The summed E-state index contributed by atoms with van der Waals surface area (Å²) < 4.78 is 5.34. The molecule has 1 aliphatic heterocycles. The van der Waals surface area contributed by atoms with Gasteiger partial charge in [-0.3, -0.25) is 9.69 Å². The molecule has 1 fully saturated rings. The number of hydrogen-bond donors (Lipinski definition) is 1. The third-order valence-corrected chi connectivity index (χ3v) is 4.44. The molecule has 0 bridgehead atoms. The van der Waals surface area contributed by atoms with E-state index in [-0.39, 0.29) is 12.5 Å². The SMILES string of the molecule is CCCc1noc2nc(C)cc(C(=O)N3CCN(CCO)CC3)c12. The average molecular weight is 332 g/mol. The molecule has 7 nitrogen and oxygen atoms in total. The molecule has 3 rings (SSSR count). The Morgan fingerprint density at radius 1 is 1.33 bits per heavy atom. The third-order valence-electron chi connectivity index (χ3n) is 4.44. The van der Waals surface area contributed by atoms with Crippen LogP contribution in [0.4, 0.5) is 0 Å². The van der Waals surface area contributed by atoms with Gasteiger partial charge in [0.25, 0.3) is 11.6 Å². The first-order chi connectivity index (χ1) is 11.6. The Morgan fingerprint density at radius 3 is 2.75 bits per heavy atom. The Hall–Kier alpha value is -1.99. The van der Waals surface area contributed by atoms with Crippen LogP contribution in [0.5, 0.6) is 0 Å². The first-order valence-electron chi connectivity index (χ1n) is 8.52. The van der Waals surface area contributed by atoms with E-state index in [2.05, 4.69) is 22.0 Å². The van der Waals surface area contributed by atoms with Crippen LogP contribution in [0.25, 0.3) is 11.1 Å². The first kappa shape index (κ1) is 16.9. The number of β-amino-alcohol motifs (C(OH)–C–C–N with tert-alkyl or cyclic N) is 1. The zero-order valence-corrected chi connectivity index (χ0v) is 14.3. The second kappa shape index (κ2) is 7.27. The maximum Gasteiger partial charge on any atom is 0.258 e. The molecule has 7 heteroatoms. The lowest BCUT2D eigenvalue weighted by molar-refractivity contribution is 0.0616. The molecule has 3 heterocycles. The van der Waals surface area contributed by atoms with E-state index in [1.807, 2.05) is 17.9 Å². The average Bonchev–Trinajstić information content (AvgIpc) is 2.97. The molecule has 24 heavy (non-hydrogen) atoms. The highest BCUT2D eigenvalue weighted by Gasteiger charge is 2.26.